The van der Waals surface area contributed by atoms with Gasteiger partial charge in [0.1, 0.15) is 0 Å². The van der Waals surface area contributed by atoms with E-state index in [-0.39, 0.29) is 11.4 Å². The molecule has 6 nitrogen and oxygen atoms in total. The van der Waals surface area contributed by atoms with Crippen molar-refractivity contribution in [1.82, 2.24) is 9.97 Å². The maximum absolute atomic E-state index is 12.0. The van der Waals surface area contributed by atoms with Crippen molar-refractivity contribution in [1.29, 1.82) is 0 Å². The van der Waals surface area contributed by atoms with E-state index < -0.39 is 11.9 Å². The molecule has 0 bridgehead atoms. The molecule has 0 aliphatic heterocycles. The van der Waals surface area contributed by atoms with Gasteiger partial charge in [-0.1, -0.05) is 6.07 Å². The normalized spacial score (nSPS) is 10.2. The third-order valence-electron chi connectivity index (χ3n) is 2.44. The van der Waals surface area contributed by atoms with Gasteiger partial charge in [-0.2, -0.15) is 0 Å². The van der Waals surface area contributed by atoms with Gasteiger partial charge in [0.25, 0.3) is 5.91 Å². The Labute approximate surface area is 117 Å². The number of imidazole rings is 1. The summed E-state index contributed by atoms with van der Waals surface area (Å²) in [6, 6.07) is 5.46. The maximum Gasteiger partial charge on any atom is 0.354 e. The van der Waals surface area contributed by atoms with Crippen molar-refractivity contribution in [3.8, 4) is 0 Å². The molecule has 0 aliphatic carbocycles. The minimum atomic E-state index is -1.23. The monoisotopic (exact) mass is 323 g/mol. The molecule has 0 unspecified atom stereocenters. The number of carboxylic acids is 1. The largest absolute Gasteiger partial charge is 0.477 e. The van der Waals surface area contributed by atoms with Crippen molar-refractivity contribution in [3.63, 3.8) is 0 Å². The average molecular weight is 324 g/mol. The summed E-state index contributed by atoms with van der Waals surface area (Å²) in [5.74, 6) is -1.81. The van der Waals surface area contributed by atoms with E-state index in [4.69, 9.17) is 5.11 Å². The van der Waals surface area contributed by atoms with Crippen molar-refractivity contribution >= 4 is 33.5 Å². The van der Waals surface area contributed by atoms with Crippen LogP contribution in [0.25, 0.3) is 0 Å². The minimum absolute atomic E-state index is 0.152. The number of aromatic amines is 1. The molecule has 1 aromatic heterocycles. The van der Waals surface area contributed by atoms with Crippen molar-refractivity contribution in [2.75, 3.05) is 5.32 Å². The highest BCUT2D eigenvalue weighted by molar-refractivity contribution is 9.10. The Morgan fingerprint density at radius 3 is 2.84 bits per heavy atom. The SMILES string of the molecule is Cc1ccc(Br)c(NC(=O)c2nc[nH]c2C(=O)O)c1. The van der Waals surface area contributed by atoms with Crippen LogP contribution in [0.5, 0.6) is 0 Å². The van der Waals surface area contributed by atoms with Gasteiger partial charge in [-0.05, 0) is 40.5 Å². The molecule has 1 heterocycles. The van der Waals surface area contributed by atoms with Crippen LogP contribution in [0.1, 0.15) is 26.5 Å². The smallest absolute Gasteiger partial charge is 0.354 e. The fraction of sp³-hybridized carbons (Fsp3) is 0.0833. The van der Waals surface area contributed by atoms with Crippen molar-refractivity contribution in [2.45, 2.75) is 6.92 Å². The number of carboxylic acid groups (broad SMARTS) is 1. The second kappa shape index (κ2) is 5.23. The van der Waals surface area contributed by atoms with Crippen LogP contribution in [-0.2, 0) is 0 Å². The van der Waals surface area contributed by atoms with Gasteiger partial charge >= 0.3 is 5.97 Å². The van der Waals surface area contributed by atoms with Gasteiger partial charge in [-0.3, -0.25) is 4.79 Å². The van der Waals surface area contributed by atoms with E-state index >= 15 is 0 Å². The first-order chi connectivity index (χ1) is 8.99. The van der Waals surface area contributed by atoms with E-state index in [2.05, 4.69) is 31.2 Å². The van der Waals surface area contributed by atoms with Gasteiger partial charge in [0.2, 0.25) is 0 Å². The maximum atomic E-state index is 12.0. The van der Waals surface area contributed by atoms with Crippen LogP contribution in [0, 0.1) is 6.92 Å². The molecule has 0 atom stereocenters. The number of anilines is 1. The van der Waals surface area contributed by atoms with E-state index in [9.17, 15) is 9.59 Å². The van der Waals surface area contributed by atoms with Gasteiger partial charge in [-0.25, -0.2) is 9.78 Å². The predicted octanol–water partition coefficient (Wildman–Crippen LogP) is 2.43. The number of aryl methyl sites for hydroxylation is 1. The summed E-state index contributed by atoms with van der Waals surface area (Å²) in [7, 11) is 0. The number of benzene rings is 1. The van der Waals surface area contributed by atoms with E-state index in [1.54, 1.807) is 12.1 Å². The lowest BCUT2D eigenvalue weighted by Crippen LogP contribution is -2.16. The quantitative estimate of drug-likeness (QED) is 0.808. The molecule has 3 N–H and O–H groups in total. The molecule has 0 saturated carbocycles. The number of halogens is 1. The van der Waals surface area contributed by atoms with Gasteiger partial charge < -0.3 is 15.4 Å². The molecule has 1 amide bonds. The zero-order chi connectivity index (χ0) is 14.0. The molecule has 0 saturated heterocycles. The highest BCUT2D eigenvalue weighted by Crippen LogP contribution is 2.24. The van der Waals surface area contributed by atoms with E-state index in [1.807, 2.05) is 13.0 Å². The molecule has 98 valence electrons. The number of H-pyrrole nitrogens is 1. The van der Waals surface area contributed by atoms with Gasteiger partial charge in [0.05, 0.1) is 12.0 Å². The molecule has 0 spiro atoms. The lowest BCUT2D eigenvalue weighted by atomic mass is 10.2. The summed E-state index contributed by atoms with van der Waals surface area (Å²) < 4.78 is 0.707. The van der Waals surface area contributed by atoms with Gasteiger partial charge in [-0.15, -0.1) is 0 Å². The fourth-order valence-corrected chi connectivity index (χ4v) is 1.89. The first-order valence-electron chi connectivity index (χ1n) is 5.33. The van der Waals surface area contributed by atoms with Gasteiger partial charge in [0, 0.05) is 4.47 Å². The predicted molar refractivity (Wildman–Crippen MR) is 72.4 cm³/mol. The van der Waals surface area contributed by atoms with Crippen LogP contribution in [-0.4, -0.2) is 27.0 Å². The van der Waals surface area contributed by atoms with Crippen LogP contribution in [0.4, 0.5) is 5.69 Å². The van der Waals surface area contributed by atoms with Crippen LogP contribution >= 0.6 is 15.9 Å². The second-order valence-corrected chi connectivity index (χ2v) is 4.72. The molecule has 0 aliphatic rings. The number of rotatable bonds is 3. The van der Waals surface area contributed by atoms with Crippen molar-refractivity contribution < 1.29 is 14.7 Å². The number of aromatic carboxylic acids is 1. The number of hydrogen-bond donors (Lipinski definition) is 3. The summed E-state index contributed by atoms with van der Waals surface area (Å²) in [6.07, 6.45) is 1.17. The van der Waals surface area contributed by atoms with Crippen LogP contribution in [0.2, 0.25) is 0 Å². The Balaban J connectivity index is 2.28. The highest BCUT2D eigenvalue weighted by Gasteiger charge is 2.20. The first-order valence-corrected chi connectivity index (χ1v) is 6.12. The summed E-state index contributed by atoms with van der Waals surface area (Å²) in [4.78, 5) is 29.0. The molecular weight excluding hydrogens is 314 g/mol. The summed E-state index contributed by atoms with van der Waals surface area (Å²) >= 11 is 3.31. The van der Waals surface area contributed by atoms with Crippen molar-refractivity contribution in [2.24, 2.45) is 0 Å². The topological polar surface area (TPSA) is 95.1 Å². The molecule has 19 heavy (non-hydrogen) atoms. The van der Waals surface area contributed by atoms with Crippen LogP contribution < -0.4 is 5.32 Å². The Hall–Kier alpha value is -2.15. The molecule has 1 aromatic carbocycles. The minimum Gasteiger partial charge on any atom is -0.477 e. The Morgan fingerprint density at radius 2 is 2.16 bits per heavy atom. The number of nitrogens with zero attached hydrogens (tertiary/aromatic N) is 1. The average Bonchev–Trinajstić information content (AvgIpc) is 2.83. The zero-order valence-corrected chi connectivity index (χ0v) is 11.5. The molecule has 0 radical (unpaired) electrons. The molecule has 2 rings (SSSR count). The third kappa shape index (κ3) is 2.82. The van der Waals surface area contributed by atoms with Crippen molar-refractivity contribution in [3.05, 3.63) is 46.0 Å². The molecule has 2 aromatic rings. The second-order valence-electron chi connectivity index (χ2n) is 3.87. The Kier molecular flexibility index (Phi) is 3.66. The lowest BCUT2D eigenvalue weighted by Gasteiger charge is -2.07. The number of aromatic nitrogens is 2. The summed E-state index contributed by atoms with van der Waals surface area (Å²) in [6.45, 7) is 1.89. The van der Waals surface area contributed by atoms with E-state index in [0.29, 0.717) is 10.2 Å². The highest BCUT2D eigenvalue weighted by atomic mass is 79.9. The Morgan fingerprint density at radius 1 is 1.42 bits per heavy atom. The number of carbonyl (C=O) groups excluding carboxylic acids is 1. The van der Waals surface area contributed by atoms with E-state index in [0.717, 1.165) is 5.56 Å². The lowest BCUT2D eigenvalue weighted by molar-refractivity contribution is 0.0686. The summed E-state index contributed by atoms with van der Waals surface area (Å²) in [5, 5.41) is 11.5. The fourth-order valence-electron chi connectivity index (χ4n) is 1.55. The standard InChI is InChI=1S/C12H10BrN3O3/c1-6-2-3-7(13)8(4-6)16-11(17)9-10(12(18)19)15-5-14-9/h2-5H,1H3,(H,14,15)(H,16,17)(H,18,19). The number of amides is 1. The molecular formula is C12H10BrN3O3. The first kappa shape index (κ1) is 13.3. The number of nitrogens with one attached hydrogen (secondary N) is 2. The zero-order valence-electron chi connectivity index (χ0n) is 9.90. The molecule has 7 heteroatoms. The van der Waals surface area contributed by atoms with Gasteiger partial charge in [0.15, 0.2) is 11.4 Å². The van der Waals surface area contributed by atoms with Crippen LogP contribution in [0.3, 0.4) is 0 Å². The third-order valence-corrected chi connectivity index (χ3v) is 3.13. The van der Waals surface area contributed by atoms with Crippen LogP contribution in [0.15, 0.2) is 29.0 Å². The van der Waals surface area contributed by atoms with E-state index in [1.165, 1.54) is 6.33 Å². The summed E-state index contributed by atoms with van der Waals surface area (Å²) in [5.41, 5.74) is 1.14. The molecule has 0 fully saturated rings. The Bertz CT molecular complexity index is 651. The number of hydrogen-bond acceptors (Lipinski definition) is 3. The number of carbonyl (C=O) groups is 2.